The Labute approximate surface area is 95.5 Å². The van der Waals surface area contributed by atoms with E-state index in [0.717, 1.165) is 0 Å². The smallest absolute Gasteiger partial charge is 0.335 e. The van der Waals surface area contributed by atoms with Crippen LogP contribution in [0, 0.1) is 0 Å². The van der Waals surface area contributed by atoms with Gasteiger partial charge in [0.05, 0.1) is 12.7 Å². The Morgan fingerprint density at radius 1 is 1.44 bits per heavy atom. The molecule has 0 unspecified atom stereocenters. The molecule has 0 aromatic rings. The van der Waals surface area contributed by atoms with Gasteiger partial charge in [0.1, 0.15) is 0 Å². The third-order valence-corrected chi connectivity index (χ3v) is 1.93. The lowest BCUT2D eigenvalue weighted by molar-refractivity contribution is -0.139. The molecule has 16 heavy (non-hydrogen) atoms. The number of nitrogens with zero attached hydrogens (tertiary/aromatic N) is 2. The van der Waals surface area contributed by atoms with Gasteiger partial charge in [-0.15, -0.1) is 0 Å². The average Bonchev–Trinajstić information content (AvgIpc) is 2.32. The van der Waals surface area contributed by atoms with Crippen molar-refractivity contribution in [3.63, 3.8) is 0 Å². The number of ether oxygens (including phenoxy) is 3. The van der Waals surface area contributed by atoms with Crippen molar-refractivity contribution < 1.29 is 19.0 Å². The number of methoxy groups -OCH3 is 3. The lowest BCUT2D eigenvalue weighted by Crippen LogP contribution is -2.19. The Morgan fingerprint density at radius 3 is 2.38 bits per heavy atom. The highest BCUT2D eigenvalue weighted by Crippen LogP contribution is 2.11. The molecular formula is C10H18N2O4. The minimum Gasteiger partial charge on any atom is -0.466 e. The third kappa shape index (κ3) is 4.90. The highest BCUT2D eigenvalue weighted by atomic mass is 16.7. The summed E-state index contributed by atoms with van der Waals surface area (Å²) in [5.74, 6) is -0.449. The molecule has 0 spiro atoms. The normalized spacial score (nSPS) is 11.4. The second-order valence-electron chi connectivity index (χ2n) is 2.97. The maximum absolute atomic E-state index is 11.4. The van der Waals surface area contributed by atoms with Crippen LogP contribution >= 0.6 is 0 Å². The van der Waals surface area contributed by atoms with Crippen LogP contribution in [0.1, 0.15) is 6.42 Å². The van der Waals surface area contributed by atoms with Gasteiger partial charge in [-0.25, -0.2) is 4.79 Å². The summed E-state index contributed by atoms with van der Waals surface area (Å²) in [6.07, 6.45) is 1.30. The van der Waals surface area contributed by atoms with Gasteiger partial charge in [-0.05, 0) is 0 Å². The number of hydrogen-bond donors (Lipinski definition) is 0. The van der Waals surface area contributed by atoms with Crippen molar-refractivity contribution in [1.82, 2.24) is 5.01 Å². The van der Waals surface area contributed by atoms with Gasteiger partial charge in [-0.1, -0.05) is 0 Å². The predicted octanol–water partition coefficient (Wildman–Crippen LogP) is 0.600. The van der Waals surface area contributed by atoms with Crippen LogP contribution in [-0.4, -0.2) is 52.4 Å². The molecule has 92 valence electrons. The van der Waals surface area contributed by atoms with Gasteiger partial charge in [0.15, 0.2) is 6.29 Å². The molecule has 0 atom stereocenters. The molecule has 6 nitrogen and oxygen atoms in total. The van der Waals surface area contributed by atoms with Crippen molar-refractivity contribution in [3.8, 4) is 0 Å². The van der Waals surface area contributed by atoms with E-state index in [1.54, 1.807) is 7.05 Å². The summed E-state index contributed by atoms with van der Waals surface area (Å²) >= 11 is 0. The lowest BCUT2D eigenvalue weighted by Gasteiger charge is -2.15. The van der Waals surface area contributed by atoms with Crippen LogP contribution in [-0.2, 0) is 19.0 Å². The summed E-state index contributed by atoms with van der Waals surface area (Å²) in [7, 11) is 5.97. The van der Waals surface area contributed by atoms with E-state index >= 15 is 0 Å². The molecule has 0 aliphatic heterocycles. The highest BCUT2D eigenvalue weighted by molar-refractivity contribution is 5.88. The Kier molecular flexibility index (Phi) is 7.15. The van der Waals surface area contributed by atoms with Crippen molar-refractivity contribution >= 4 is 12.7 Å². The standard InChI is InChI=1S/C10H18N2O4/c1-11-12(2)7-8(10(13)16-5)6-9(14-3)15-4/h7,9H,1,6H2,2-5H3/b8-7+. The molecule has 0 heterocycles. The van der Waals surface area contributed by atoms with E-state index in [-0.39, 0.29) is 6.42 Å². The number of carbonyl (C=O) groups is 1. The van der Waals surface area contributed by atoms with Crippen LogP contribution in [0.5, 0.6) is 0 Å². The molecule has 0 rings (SSSR count). The van der Waals surface area contributed by atoms with Crippen LogP contribution in [0.2, 0.25) is 0 Å². The zero-order chi connectivity index (χ0) is 12.6. The van der Waals surface area contributed by atoms with Crippen molar-refractivity contribution in [1.29, 1.82) is 0 Å². The molecule has 0 N–H and O–H groups in total. The summed E-state index contributed by atoms with van der Waals surface area (Å²) in [4.78, 5) is 11.4. The topological polar surface area (TPSA) is 60.4 Å². The van der Waals surface area contributed by atoms with Gasteiger partial charge >= 0.3 is 5.97 Å². The average molecular weight is 230 g/mol. The number of hydrazone groups is 1. The molecule has 0 aromatic carbocycles. The van der Waals surface area contributed by atoms with E-state index in [2.05, 4.69) is 16.6 Å². The Morgan fingerprint density at radius 2 is 2.00 bits per heavy atom. The fourth-order valence-corrected chi connectivity index (χ4v) is 1.03. The van der Waals surface area contributed by atoms with Crippen LogP contribution in [0.3, 0.4) is 0 Å². The molecule has 0 aliphatic rings. The van der Waals surface area contributed by atoms with E-state index < -0.39 is 12.3 Å². The first kappa shape index (κ1) is 14.6. The second kappa shape index (κ2) is 7.84. The third-order valence-electron chi connectivity index (χ3n) is 1.93. The second-order valence-corrected chi connectivity index (χ2v) is 2.97. The fraction of sp³-hybridized carbons (Fsp3) is 0.600. The molecule has 0 amide bonds. The molecule has 0 aromatic heterocycles. The largest absolute Gasteiger partial charge is 0.466 e. The molecule has 0 radical (unpaired) electrons. The first-order chi connectivity index (χ1) is 7.58. The fourth-order valence-electron chi connectivity index (χ4n) is 1.03. The number of esters is 1. The molecule has 6 heteroatoms. The van der Waals surface area contributed by atoms with Gasteiger partial charge in [0, 0.05) is 40.6 Å². The van der Waals surface area contributed by atoms with Gasteiger partial charge in [0.2, 0.25) is 0 Å². The van der Waals surface area contributed by atoms with Crippen molar-refractivity contribution in [2.24, 2.45) is 5.10 Å². The van der Waals surface area contributed by atoms with Crippen molar-refractivity contribution in [3.05, 3.63) is 11.8 Å². The number of carbonyl (C=O) groups excluding carboxylic acids is 1. The predicted molar refractivity (Wildman–Crippen MR) is 59.8 cm³/mol. The van der Waals surface area contributed by atoms with Gasteiger partial charge in [-0.2, -0.15) is 5.10 Å². The zero-order valence-corrected chi connectivity index (χ0v) is 10.1. The Hall–Kier alpha value is -1.40. The maximum atomic E-state index is 11.4. The van der Waals surface area contributed by atoms with Crippen LogP contribution in [0.25, 0.3) is 0 Å². The number of hydrogen-bond acceptors (Lipinski definition) is 6. The quantitative estimate of drug-likeness (QED) is 0.211. The highest BCUT2D eigenvalue weighted by Gasteiger charge is 2.16. The molecule has 0 saturated heterocycles. The van der Waals surface area contributed by atoms with E-state index in [1.165, 1.54) is 32.5 Å². The van der Waals surface area contributed by atoms with Gasteiger partial charge < -0.3 is 14.2 Å². The Balaban J connectivity index is 4.73. The van der Waals surface area contributed by atoms with E-state index in [1.807, 2.05) is 0 Å². The summed E-state index contributed by atoms with van der Waals surface area (Å²) < 4.78 is 14.6. The summed E-state index contributed by atoms with van der Waals surface area (Å²) in [6, 6.07) is 0. The van der Waals surface area contributed by atoms with Crippen molar-refractivity contribution in [2.75, 3.05) is 28.4 Å². The molecule has 0 aliphatic carbocycles. The summed E-state index contributed by atoms with van der Waals surface area (Å²) in [6.45, 7) is 3.34. The van der Waals surface area contributed by atoms with Crippen LogP contribution in [0.4, 0.5) is 0 Å². The minimum absolute atomic E-state index is 0.277. The van der Waals surface area contributed by atoms with Crippen LogP contribution in [0.15, 0.2) is 16.9 Å². The van der Waals surface area contributed by atoms with E-state index in [0.29, 0.717) is 5.57 Å². The SMILES string of the molecule is C=NN(C)/C=C(\CC(OC)OC)C(=O)OC. The number of rotatable bonds is 7. The summed E-state index contributed by atoms with van der Waals surface area (Å²) in [5.41, 5.74) is 0.395. The van der Waals surface area contributed by atoms with Gasteiger partial charge in [0.25, 0.3) is 0 Å². The van der Waals surface area contributed by atoms with Crippen LogP contribution < -0.4 is 0 Å². The molecule has 0 bridgehead atoms. The maximum Gasteiger partial charge on any atom is 0.335 e. The van der Waals surface area contributed by atoms with E-state index in [9.17, 15) is 4.79 Å². The molecular weight excluding hydrogens is 212 g/mol. The lowest BCUT2D eigenvalue weighted by atomic mass is 10.2. The van der Waals surface area contributed by atoms with Gasteiger partial charge in [-0.3, -0.25) is 5.01 Å². The van der Waals surface area contributed by atoms with Crippen molar-refractivity contribution in [2.45, 2.75) is 12.7 Å². The van der Waals surface area contributed by atoms with E-state index in [4.69, 9.17) is 9.47 Å². The first-order valence-corrected chi connectivity index (χ1v) is 4.63. The Bertz CT molecular complexity index is 262. The molecule has 0 fully saturated rings. The summed E-state index contributed by atoms with van der Waals surface area (Å²) in [5, 5.41) is 5.03. The minimum atomic E-state index is -0.497. The monoisotopic (exact) mass is 230 g/mol. The zero-order valence-electron chi connectivity index (χ0n) is 10.1. The first-order valence-electron chi connectivity index (χ1n) is 4.63. The molecule has 0 saturated carbocycles.